The Balaban J connectivity index is 1.85. The van der Waals surface area contributed by atoms with Crippen LogP contribution in [0.3, 0.4) is 0 Å². The van der Waals surface area contributed by atoms with Crippen LogP contribution in [-0.2, 0) is 0 Å². The second kappa shape index (κ2) is 6.45. The second-order valence-corrected chi connectivity index (χ2v) is 6.86. The molecule has 0 N–H and O–H groups in total. The lowest BCUT2D eigenvalue weighted by Crippen LogP contribution is -2.40. The minimum atomic E-state index is 0.0890. The molecule has 1 amide bonds. The van der Waals surface area contributed by atoms with Crippen LogP contribution >= 0.6 is 23.1 Å². The first-order valence-electron chi connectivity index (χ1n) is 6.80. The molecule has 0 bridgehead atoms. The van der Waals surface area contributed by atoms with Crippen LogP contribution in [0, 0.1) is 0 Å². The van der Waals surface area contributed by atoms with Crippen molar-refractivity contribution < 1.29 is 4.79 Å². The van der Waals surface area contributed by atoms with Crippen LogP contribution in [-0.4, -0.2) is 33.8 Å². The van der Waals surface area contributed by atoms with Gasteiger partial charge in [-0.2, -0.15) is 11.8 Å². The largest absolute Gasteiger partial charge is 0.328 e. The van der Waals surface area contributed by atoms with E-state index >= 15 is 0 Å². The van der Waals surface area contributed by atoms with E-state index in [0.717, 1.165) is 34.2 Å². The first-order valence-corrected chi connectivity index (χ1v) is 8.83. The fourth-order valence-electron chi connectivity index (χ4n) is 2.38. The number of hydrogen-bond donors (Lipinski definition) is 0. The number of thiazole rings is 1. The summed E-state index contributed by atoms with van der Waals surface area (Å²) in [6.45, 7) is 4.51. The van der Waals surface area contributed by atoms with Gasteiger partial charge in [0.05, 0.1) is 6.04 Å². The lowest BCUT2D eigenvalue weighted by molar-refractivity contribution is 0.0701. The van der Waals surface area contributed by atoms with E-state index in [1.165, 1.54) is 0 Å². The predicted octanol–water partition coefficient (Wildman–Crippen LogP) is 3.72. The Morgan fingerprint density at radius 2 is 2.19 bits per heavy atom. The zero-order valence-corrected chi connectivity index (χ0v) is 13.2. The van der Waals surface area contributed by atoms with Crippen LogP contribution < -0.4 is 0 Å². The van der Waals surface area contributed by atoms with E-state index in [9.17, 15) is 4.79 Å². The van der Waals surface area contributed by atoms with Crippen LogP contribution in [0.4, 0.5) is 0 Å². The van der Waals surface area contributed by atoms with E-state index in [2.05, 4.69) is 11.6 Å². The molecule has 2 aromatic rings. The summed E-state index contributed by atoms with van der Waals surface area (Å²) in [5.74, 6) is 1.99. The highest BCUT2D eigenvalue weighted by Gasteiger charge is 2.30. The molecule has 1 aliphatic heterocycles. The number of nitrogens with zero attached hydrogens (tertiary/aromatic N) is 2. The molecule has 0 spiro atoms. The van der Waals surface area contributed by atoms with Crippen molar-refractivity contribution in [2.75, 3.05) is 18.1 Å². The number of hydrogen-bond acceptors (Lipinski definition) is 4. The van der Waals surface area contributed by atoms with Crippen molar-refractivity contribution in [2.24, 2.45) is 0 Å². The predicted molar refractivity (Wildman–Crippen MR) is 89.7 cm³/mol. The number of aromatic nitrogens is 1. The van der Waals surface area contributed by atoms with Crippen LogP contribution in [0.1, 0.15) is 27.0 Å². The number of thioether (sulfide) groups is 1. The Hall–Kier alpha value is -1.59. The van der Waals surface area contributed by atoms with Gasteiger partial charge in [-0.25, -0.2) is 4.98 Å². The summed E-state index contributed by atoms with van der Waals surface area (Å²) in [5, 5.41) is 2.99. The highest BCUT2D eigenvalue weighted by Crippen LogP contribution is 2.31. The third-order valence-electron chi connectivity index (χ3n) is 3.52. The highest BCUT2D eigenvalue weighted by atomic mass is 32.2. The number of carbonyl (C=O) groups excluding carboxylic acids is 1. The maximum atomic E-state index is 12.8. The molecule has 0 aliphatic carbocycles. The average molecular weight is 316 g/mol. The van der Waals surface area contributed by atoms with Crippen molar-refractivity contribution in [3.8, 4) is 0 Å². The van der Waals surface area contributed by atoms with Crippen molar-refractivity contribution in [1.82, 2.24) is 9.88 Å². The van der Waals surface area contributed by atoms with Gasteiger partial charge in [-0.15, -0.1) is 11.3 Å². The molecule has 1 aromatic heterocycles. The van der Waals surface area contributed by atoms with E-state index in [-0.39, 0.29) is 11.9 Å². The van der Waals surface area contributed by atoms with Gasteiger partial charge < -0.3 is 4.90 Å². The molecule has 0 unspecified atom stereocenters. The van der Waals surface area contributed by atoms with E-state index in [4.69, 9.17) is 0 Å². The molecule has 1 aliphatic rings. The summed E-state index contributed by atoms with van der Waals surface area (Å²) in [6.07, 6.45) is 3.59. The quantitative estimate of drug-likeness (QED) is 0.865. The van der Waals surface area contributed by atoms with Gasteiger partial charge in [0.15, 0.2) is 0 Å². The second-order valence-electron chi connectivity index (χ2n) is 4.79. The van der Waals surface area contributed by atoms with Crippen molar-refractivity contribution >= 4 is 35.1 Å². The van der Waals surface area contributed by atoms with E-state index < -0.39 is 0 Å². The fraction of sp³-hybridized carbons (Fsp3) is 0.250. The zero-order valence-electron chi connectivity index (χ0n) is 11.6. The summed E-state index contributed by atoms with van der Waals surface area (Å²) in [4.78, 5) is 19.1. The SMILES string of the molecule is C=Cc1ccc(C(=O)N2CCSC[C@@H]2c2nccs2)cc1. The topological polar surface area (TPSA) is 33.2 Å². The molecule has 2 heterocycles. The average Bonchev–Trinajstić information content (AvgIpc) is 3.08. The smallest absolute Gasteiger partial charge is 0.254 e. The third kappa shape index (κ3) is 3.04. The molecule has 0 radical (unpaired) electrons. The Kier molecular flexibility index (Phi) is 4.41. The number of carbonyl (C=O) groups is 1. The Bertz CT molecular complexity index is 622. The summed E-state index contributed by atoms with van der Waals surface area (Å²) < 4.78 is 0. The molecule has 21 heavy (non-hydrogen) atoms. The minimum Gasteiger partial charge on any atom is -0.328 e. The Morgan fingerprint density at radius 1 is 1.38 bits per heavy atom. The first kappa shape index (κ1) is 14.4. The first-order chi connectivity index (χ1) is 10.3. The van der Waals surface area contributed by atoms with E-state index in [0.29, 0.717) is 0 Å². The van der Waals surface area contributed by atoms with Crippen LogP contribution in [0.2, 0.25) is 0 Å². The van der Waals surface area contributed by atoms with Gasteiger partial charge in [-0.05, 0) is 17.7 Å². The molecule has 1 saturated heterocycles. The Morgan fingerprint density at radius 3 is 2.86 bits per heavy atom. The molecule has 3 rings (SSSR count). The van der Waals surface area contributed by atoms with Crippen molar-refractivity contribution in [3.63, 3.8) is 0 Å². The summed E-state index contributed by atoms with van der Waals surface area (Å²) >= 11 is 3.50. The molecule has 1 atom stereocenters. The van der Waals surface area contributed by atoms with Gasteiger partial charge in [0.1, 0.15) is 5.01 Å². The maximum absolute atomic E-state index is 12.8. The lowest BCUT2D eigenvalue weighted by Gasteiger charge is -2.34. The van der Waals surface area contributed by atoms with Crippen molar-refractivity contribution in [2.45, 2.75) is 6.04 Å². The van der Waals surface area contributed by atoms with Gasteiger partial charge in [-0.1, -0.05) is 24.8 Å². The van der Waals surface area contributed by atoms with Crippen molar-refractivity contribution in [3.05, 3.63) is 58.6 Å². The fourth-order valence-corrected chi connectivity index (χ4v) is 4.29. The Labute approximate surface area is 132 Å². The molecule has 3 nitrogen and oxygen atoms in total. The number of amides is 1. The zero-order chi connectivity index (χ0) is 14.7. The summed E-state index contributed by atoms with van der Waals surface area (Å²) in [6, 6.07) is 7.70. The molecule has 0 saturated carbocycles. The van der Waals surface area contributed by atoms with Gasteiger partial charge in [-0.3, -0.25) is 4.79 Å². The third-order valence-corrected chi connectivity index (χ3v) is 5.42. The van der Waals surface area contributed by atoms with E-state index in [1.807, 2.05) is 46.3 Å². The van der Waals surface area contributed by atoms with E-state index in [1.54, 1.807) is 23.6 Å². The van der Waals surface area contributed by atoms with Gasteiger partial charge in [0.25, 0.3) is 5.91 Å². The molecule has 1 fully saturated rings. The van der Waals surface area contributed by atoms with Gasteiger partial charge in [0.2, 0.25) is 0 Å². The number of benzene rings is 1. The highest BCUT2D eigenvalue weighted by molar-refractivity contribution is 7.99. The van der Waals surface area contributed by atoms with Crippen molar-refractivity contribution in [1.29, 1.82) is 0 Å². The minimum absolute atomic E-state index is 0.0890. The van der Waals surface area contributed by atoms with Gasteiger partial charge in [0, 0.05) is 35.2 Å². The molecule has 5 heteroatoms. The van der Waals surface area contributed by atoms with Crippen LogP contribution in [0.25, 0.3) is 6.08 Å². The van der Waals surface area contributed by atoms with Crippen LogP contribution in [0.5, 0.6) is 0 Å². The standard InChI is InChI=1S/C16H16N2OS2/c1-2-12-3-5-13(6-4-12)16(19)18-8-10-20-11-14(18)15-17-7-9-21-15/h2-7,9,14H,1,8,10-11H2/t14-/m1/s1. The summed E-state index contributed by atoms with van der Waals surface area (Å²) in [7, 11) is 0. The van der Waals surface area contributed by atoms with Crippen LogP contribution in [0.15, 0.2) is 42.4 Å². The number of rotatable bonds is 3. The maximum Gasteiger partial charge on any atom is 0.254 e. The molecule has 1 aromatic carbocycles. The monoisotopic (exact) mass is 316 g/mol. The normalized spacial score (nSPS) is 18.5. The lowest BCUT2D eigenvalue weighted by atomic mass is 10.1. The van der Waals surface area contributed by atoms with Gasteiger partial charge >= 0.3 is 0 Å². The summed E-state index contributed by atoms with van der Waals surface area (Å²) in [5.41, 5.74) is 1.76. The molecule has 108 valence electrons. The molecular weight excluding hydrogens is 300 g/mol. The molecular formula is C16H16N2OS2.